The molecule has 0 aliphatic carbocycles. The summed E-state index contributed by atoms with van der Waals surface area (Å²) < 4.78 is 0. The average Bonchev–Trinajstić information content (AvgIpc) is 2.37. The molecule has 2 fully saturated rings. The summed E-state index contributed by atoms with van der Waals surface area (Å²) >= 11 is 0. The molecular weight excluding hydrogens is 214 g/mol. The van der Waals surface area contributed by atoms with Gasteiger partial charge >= 0.3 is 0 Å². The molecule has 2 atom stereocenters. The number of hydrogen-bond acceptors (Lipinski definition) is 3. The lowest BCUT2D eigenvalue weighted by atomic mass is 9.98. The Hall–Kier alpha value is -0.610. The zero-order valence-electron chi connectivity index (χ0n) is 10.9. The molecular formula is C13H25N3O. The van der Waals surface area contributed by atoms with Crippen LogP contribution in [0.1, 0.15) is 32.1 Å². The van der Waals surface area contributed by atoms with Crippen LogP contribution in [0.3, 0.4) is 0 Å². The number of carbonyl (C=O) groups excluding carboxylic acids is 1. The fourth-order valence-electron chi connectivity index (χ4n) is 2.88. The van der Waals surface area contributed by atoms with Crippen LogP contribution >= 0.6 is 0 Å². The van der Waals surface area contributed by atoms with Crippen molar-refractivity contribution in [3.05, 3.63) is 0 Å². The van der Waals surface area contributed by atoms with Gasteiger partial charge in [-0.3, -0.25) is 4.79 Å². The van der Waals surface area contributed by atoms with E-state index >= 15 is 0 Å². The van der Waals surface area contributed by atoms with Crippen LogP contribution < -0.4 is 10.6 Å². The van der Waals surface area contributed by atoms with Crippen molar-refractivity contribution < 1.29 is 4.79 Å². The molecule has 98 valence electrons. The second-order valence-corrected chi connectivity index (χ2v) is 5.52. The van der Waals surface area contributed by atoms with Gasteiger partial charge < -0.3 is 15.5 Å². The highest BCUT2D eigenvalue weighted by molar-refractivity contribution is 5.81. The van der Waals surface area contributed by atoms with E-state index in [0.29, 0.717) is 5.92 Å². The first-order valence-corrected chi connectivity index (χ1v) is 6.95. The van der Waals surface area contributed by atoms with Gasteiger partial charge in [-0.25, -0.2) is 0 Å². The maximum Gasteiger partial charge on any atom is 0.237 e. The molecule has 2 aliphatic heterocycles. The smallest absolute Gasteiger partial charge is 0.237 e. The number of likely N-dealkylation sites (tertiary alicyclic amines) is 1. The van der Waals surface area contributed by atoms with E-state index in [-0.39, 0.29) is 11.9 Å². The molecule has 2 heterocycles. The van der Waals surface area contributed by atoms with Gasteiger partial charge in [0.1, 0.15) is 0 Å². The third-order valence-corrected chi connectivity index (χ3v) is 3.91. The van der Waals surface area contributed by atoms with Crippen LogP contribution in [0, 0.1) is 5.92 Å². The lowest BCUT2D eigenvalue weighted by Crippen LogP contribution is -2.48. The summed E-state index contributed by atoms with van der Waals surface area (Å²) in [6.07, 6.45) is 5.90. The maximum absolute atomic E-state index is 11.9. The standard InChI is InChI=1S/C13H25N3O/c1-16-8-4-5-11(10-16)9-15-13(17)12-6-2-3-7-14-12/h11-12,14H,2-10H2,1H3,(H,15,17)/t11?,12-/m1/s1. The minimum atomic E-state index is 0.0603. The van der Waals surface area contributed by atoms with Crippen LogP contribution in [-0.2, 0) is 4.79 Å². The Morgan fingerprint density at radius 2 is 2.24 bits per heavy atom. The van der Waals surface area contributed by atoms with E-state index in [2.05, 4.69) is 22.6 Å². The average molecular weight is 239 g/mol. The van der Waals surface area contributed by atoms with Gasteiger partial charge in [-0.15, -0.1) is 0 Å². The minimum absolute atomic E-state index is 0.0603. The molecule has 0 spiro atoms. The van der Waals surface area contributed by atoms with E-state index in [1.54, 1.807) is 0 Å². The molecule has 4 nitrogen and oxygen atoms in total. The normalized spacial score (nSPS) is 31.1. The van der Waals surface area contributed by atoms with Crippen molar-refractivity contribution in [3.63, 3.8) is 0 Å². The van der Waals surface area contributed by atoms with Gasteiger partial charge in [0.25, 0.3) is 0 Å². The molecule has 2 N–H and O–H groups in total. The predicted molar refractivity (Wildman–Crippen MR) is 68.9 cm³/mol. The quantitative estimate of drug-likeness (QED) is 0.757. The molecule has 1 unspecified atom stereocenters. The van der Waals surface area contributed by atoms with Crippen LogP contribution in [0.15, 0.2) is 0 Å². The van der Waals surface area contributed by atoms with E-state index in [0.717, 1.165) is 26.1 Å². The zero-order chi connectivity index (χ0) is 12.1. The van der Waals surface area contributed by atoms with E-state index in [1.165, 1.54) is 32.2 Å². The van der Waals surface area contributed by atoms with Crippen molar-refractivity contribution in [3.8, 4) is 0 Å². The van der Waals surface area contributed by atoms with Crippen LogP contribution in [0.5, 0.6) is 0 Å². The molecule has 2 rings (SSSR count). The van der Waals surface area contributed by atoms with E-state index in [9.17, 15) is 4.79 Å². The van der Waals surface area contributed by atoms with Gasteiger partial charge in [0.05, 0.1) is 6.04 Å². The molecule has 0 radical (unpaired) electrons. The third kappa shape index (κ3) is 3.96. The number of piperidine rings is 2. The zero-order valence-corrected chi connectivity index (χ0v) is 10.9. The summed E-state index contributed by atoms with van der Waals surface area (Å²) in [5.41, 5.74) is 0. The molecule has 0 aromatic rings. The first-order valence-electron chi connectivity index (χ1n) is 6.95. The Kier molecular flexibility index (Phi) is 4.80. The summed E-state index contributed by atoms with van der Waals surface area (Å²) in [6.45, 7) is 4.17. The summed E-state index contributed by atoms with van der Waals surface area (Å²) in [5.74, 6) is 0.846. The highest BCUT2D eigenvalue weighted by atomic mass is 16.2. The summed E-state index contributed by atoms with van der Waals surface area (Å²) in [6, 6.07) is 0.0603. The SMILES string of the molecule is CN1CCCC(CNC(=O)[C@H]2CCCCN2)C1. The van der Waals surface area contributed by atoms with Crippen molar-refractivity contribution >= 4 is 5.91 Å². The van der Waals surface area contributed by atoms with Crippen molar-refractivity contribution in [1.29, 1.82) is 0 Å². The molecule has 2 saturated heterocycles. The second-order valence-electron chi connectivity index (χ2n) is 5.52. The molecule has 0 aromatic heterocycles. The monoisotopic (exact) mass is 239 g/mol. The van der Waals surface area contributed by atoms with Gasteiger partial charge in [0.2, 0.25) is 5.91 Å². The lowest BCUT2D eigenvalue weighted by molar-refractivity contribution is -0.123. The molecule has 17 heavy (non-hydrogen) atoms. The van der Waals surface area contributed by atoms with Gasteiger partial charge in [0, 0.05) is 13.1 Å². The Morgan fingerprint density at radius 3 is 2.94 bits per heavy atom. The summed E-state index contributed by atoms with van der Waals surface area (Å²) in [4.78, 5) is 14.3. The lowest BCUT2D eigenvalue weighted by Gasteiger charge is -2.30. The Bertz CT molecular complexity index is 251. The van der Waals surface area contributed by atoms with Gasteiger partial charge in [0.15, 0.2) is 0 Å². The topological polar surface area (TPSA) is 44.4 Å². The predicted octanol–water partition coefficient (Wildman–Crippen LogP) is 0.587. The summed E-state index contributed by atoms with van der Waals surface area (Å²) in [5, 5.41) is 6.41. The number of nitrogens with zero attached hydrogens (tertiary/aromatic N) is 1. The van der Waals surface area contributed by atoms with E-state index < -0.39 is 0 Å². The van der Waals surface area contributed by atoms with E-state index in [4.69, 9.17) is 0 Å². The summed E-state index contributed by atoms with van der Waals surface area (Å²) in [7, 11) is 2.16. The van der Waals surface area contributed by atoms with Gasteiger partial charge in [-0.05, 0) is 51.7 Å². The second kappa shape index (κ2) is 6.36. The first-order chi connectivity index (χ1) is 8.25. The van der Waals surface area contributed by atoms with Crippen molar-refractivity contribution in [2.45, 2.75) is 38.1 Å². The van der Waals surface area contributed by atoms with Gasteiger partial charge in [-0.2, -0.15) is 0 Å². The highest BCUT2D eigenvalue weighted by Crippen LogP contribution is 2.14. The van der Waals surface area contributed by atoms with Crippen molar-refractivity contribution in [2.24, 2.45) is 5.92 Å². The number of hydrogen-bond donors (Lipinski definition) is 2. The molecule has 2 aliphatic rings. The third-order valence-electron chi connectivity index (χ3n) is 3.91. The number of nitrogens with one attached hydrogen (secondary N) is 2. The Labute approximate surface area is 104 Å². The first kappa shape index (κ1) is 12.8. The van der Waals surface area contributed by atoms with Crippen LogP contribution in [0.4, 0.5) is 0 Å². The molecule has 0 saturated carbocycles. The van der Waals surface area contributed by atoms with Gasteiger partial charge in [-0.1, -0.05) is 6.42 Å². The molecule has 0 aromatic carbocycles. The van der Waals surface area contributed by atoms with Crippen molar-refractivity contribution in [1.82, 2.24) is 15.5 Å². The molecule has 1 amide bonds. The minimum Gasteiger partial charge on any atom is -0.354 e. The van der Waals surface area contributed by atoms with Crippen LogP contribution in [0.25, 0.3) is 0 Å². The largest absolute Gasteiger partial charge is 0.354 e. The molecule has 0 bridgehead atoms. The van der Waals surface area contributed by atoms with Crippen LogP contribution in [0.2, 0.25) is 0 Å². The maximum atomic E-state index is 11.9. The fourth-order valence-corrected chi connectivity index (χ4v) is 2.88. The number of amides is 1. The number of carbonyl (C=O) groups is 1. The highest BCUT2D eigenvalue weighted by Gasteiger charge is 2.22. The van der Waals surface area contributed by atoms with Crippen LogP contribution in [-0.4, -0.2) is 50.1 Å². The van der Waals surface area contributed by atoms with Crippen molar-refractivity contribution in [2.75, 3.05) is 33.2 Å². The fraction of sp³-hybridized carbons (Fsp3) is 0.923. The number of rotatable bonds is 3. The molecule has 4 heteroatoms. The van der Waals surface area contributed by atoms with E-state index in [1.807, 2.05) is 0 Å². The Balaban J connectivity index is 1.68. The Morgan fingerprint density at radius 1 is 1.35 bits per heavy atom.